The summed E-state index contributed by atoms with van der Waals surface area (Å²) in [7, 11) is 0. The number of unbranched alkanes of at least 4 members (excludes halogenated alkanes) is 14. The van der Waals surface area contributed by atoms with Crippen LogP contribution in [-0.2, 0) is 0 Å². The van der Waals surface area contributed by atoms with Crippen LogP contribution in [0.3, 0.4) is 0 Å². The standard InChI is InChI=1S/C17H35.ClH.Mg/c1-3-5-7-9-11-13-15-17-16-14-12-10-8-6-4-2;;/h1,3-17H2,2H3;1H;/q-1;;+2/p-1. The van der Waals surface area contributed by atoms with Gasteiger partial charge in [-0.15, -0.1) is 0 Å². The van der Waals surface area contributed by atoms with E-state index in [1.54, 1.807) is 0 Å². The van der Waals surface area contributed by atoms with Gasteiger partial charge in [-0.3, -0.25) is 0 Å². The van der Waals surface area contributed by atoms with Crippen molar-refractivity contribution in [2.75, 3.05) is 0 Å². The Bertz CT molecular complexity index is 114. The van der Waals surface area contributed by atoms with Gasteiger partial charge in [0.15, 0.2) is 0 Å². The molecule has 0 aromatic rings. The van der Waals surface area contributed by atoms with Crippen LogP contribution in [-0.4, -0.2) is 23.1 Å². The molecule has 0 aliphatic carbocycles. The Morgan fingerprint density at radius 2 is 0.789 bits per heavy atom. The first-order chi connectivity index (χ1) is 8.41. The number of hydrogen-bond donors (Lipinski definition) is 0. The predicted octanol–water partition coefficient (Wildman–Crippen LogP) is 3.32. The smallest absolute Gasteiger partial charge is 1.00 e. The fraction of sp³-hybridized carbons (Fsp3) is 0.941. The monoisotopic (exact) mass is 298 g/mol. The molecule has 0 atom stereocenters. The Balaban J connectivity index is -0.00000128. The van der Waals surface area contributed by atoms with Crippen molar-refractivity contribution in [3.8, 4) is 0 Å². The molecule has 0 fully saturated rings. The Kier molecular flexibility index (Phi) is 31.8. The summed E-state index contributed by atoms with van der Waals surface area (Å²) in [4.78, 5) is 0. The van der Waals surface area contributed by atoms with Gasteiger partial charge in [-0.1, -0.05) is 96.8 Å². The van der Waals surface area contributed by atoms with Crippen molar-refractivity contribution in [1.82, 2.24) is 0 Å². The molecule has 0 nitrogen and oxygen atoms in total. The molecule has 0 rings (SSSR count). The third kappa shape index (κ3) is 24.5. The predicted molar refractivity (Wildman–Crippen MR) is 86.0 cm³/mol. The zero-order valence-corrected chi connectivity index (χ0v) is 15.6. The Morgan fingerprint density at radius 3 is 1.05 bits per heavy atom. The van der Waals surface area contributed by atoms with Gasteiger partial charge >= 0.3 is 23.1 Å². The van der Waals surface area contributed by atoms with Gasteiger partial charge in [0, 0.05) is 0 Å². The number of rotatable bonds is 14. The fourth-order valence-electron chi connectivity index (χ4n) is 2.37. The molecule has 0 radical (unpaired) electrons. The minimum Gasteiger partial charge on any atom is -1.00 e. The maximum Gasteiger partial charge on any atom is 2.00 e. The molecule has 0 unspecified atom stereocenters. The summed E-state index contributed by atoms with van der Waals surface area (Å²) in [6, 6.07) is 0. The minimum absolute atomic E-state index is 0. The van der Waals surface area contributed by atoms with Gasteiger partial charge in [-0.25, -0.2) is 0 Å². The van der Waals surface area contributed by atoms with Crippen molar-refractivity contribution in [3.63, 3.8) is 0 Å². The van der Waals surface area contributed by atoms with Crippen LogP contribution >= 0.6 is 0 Å². The van der Waals surface area contributed by atoms with Gasteiger partial charge in [0.05, 0.1) is 0 Å². The van der Waals surface area contributed by atoms with E-state index in [-0.39, 0.29) is 35.5 Å². The van der Waals surface area contributed by atoms with Crippen LogP contribution in [0.4, 0.5) is 0 Å². The van der Waals surface area contributed by atoms with Crippen molar-refractivity contribution in [1.29, 1.82) is 0 Å². The Labute approximate surface area is 145 Å². The molecule has 19 heavy (non-hydrogen) atoms. The molecular formula is C17H35ClMg. The van der Waals surface area contributed by atoms with E-state index in [1.165, 1.54) is 89.9 Å². The second kappa shape index (κ2) is 24.1. The zero-order valence-electron chi connectivity index (χ0n) is 13.4. The Hall–Kier alpha value is 1.06. The summed E-state index contributed by atoms with van der Waals surface area (Å²) in [5.41, 5.74) is 0. The third-order valence-corrected chi connectivity index (χ3v) is 3.60. The van der Waals surface area contributed by atoms with Crippen LogP contribution in [0.5, 0.6) is 0 Å². The van der Waals surface area contributed by atoms with Crippen molar-refractivity contribution in [2.45, 2.75) is 103 Å². The fourth-order valence-corrected chi connectivity index (χ4v) is 2.37. The van der Waals surface area contributed by atoms with Crippen molar-refractivity contribution in [3.05, 3.63) is 6.92 Å². The Morgan fingerprint density at radius 1 is 0.526 bits per heavy atom. The first-order valence-electron chi connectivity index (χ1n) is 8.21. The first kappa shape index (κ1) is 25.0. The van der Waals surface area contributed by atoms with Crippen LogP contribution in [0.25, 0.3) is 0 Å². The van der Waals surface area contributed by atoms with Crippen molar-refractivity contribution >= 4 is 23.1 Å². The quantitative estimate of drug-likeness (QED) is 0.262. The van der Waals surface area contributed by atoms with E-state index in [9.17, 15) is 0 Å². The maximum atomic E-state index is 3.88. The summed E-state index contributed by atoms with van der Waals surface area (Å²) in [6.07, 6.45) is 21.3. The van der Waals surface area contributed by atoms with E-state index in [0.717, 1.165) is 6.42 Å². The van der Waals surface area contributed by atoms with Gasteiger partial charge in [0.2, 0.25) is 0 Å². The SMILES string of the molecule is [CH2-]CCCCCCCCCCCCCCCC.[Cl-].[Mg+2]. The third-order valence-electron chi connectivity index (χ3n) is 3.60. The topological polar surface area (TPSA) is 0 Å². The van der Waals surface area contributed by atoms with E-state index in [2.05, 4.69) is 13.8 Å². The molecule has 0 N–H and O–H groups in total. The van der Waals surface area contributed by atoms with Gasteiger partial charge in [-0.05, 0) is 0 Å². The van der Waals surface area contributed by atoms with E-state index in [4.69, 9.17) is 0 Å². The molecule has 0 amide bonds. The van der Waals surface area contributed by atoms with Crippen LogP contribution in [0, 0.1) is 6.92 Å². The minimum atomic E-state index is 0. The molecule has 0 heterocycles. The molecule has 0 aliphatic rings. The number of halogens is 1. The summed E-state index contributed by atoms with van der Waals surface area (Å²) in [6.45, 7) is 6.17. The maximum absolute atomic E-state index is 3.88. The normalized spacial score (nSPS) is 9.79. The zero-order chi connectivity index (χ0) is 12.6. The van der Waals surface area contributed by atoms with Crippen molar-refractivity contribution in [2.24, 2.45) is 0 Å². The van der Waals surface area contributed by atoms with E-state index >= 15 is 0 Å². The van der Waals surface area contributed by atoms with Gasteiger partial charge in [-0.2, -0.15) is 6.42 Å². The molecule has 112 valence electrons. The summed E-state index contributed by atoms with van der Waals surface area (Å²) in [5.74, 6) is 0. The molecular weight excluding hydrogens is 264 g/mol. The van der Waals surface area contributed by atoms with E-state index in [1.807, 2.05) is 0 Å². The first-order valence-corrected chi connectivity index (χ1v) is 8.21. The second-order valence-electron chi connectivity index (χ2n) is 5.45. The molecule has 0 aromatic heterocycles. The van der Waals surface area contributed by atoms with E-state index in [0.29, 0.717) is 0 Å². The molecule has 0 saturated carbocycles. The summed E-state index contributed by atoms with van der Waals surface area (Å²) >= 11 is 0. The average Bonchev–Trinajstić information content (AvgIpc) is 2.35. The van der Waals surface area contributed by atoms with Crippen LogP contribution in [0.1, 0.15) is 103 Å². The second-order valence-corrected chi connectivity index (χ2v) is 5.45. The summed E-state index contributed by atoms with van der Waals surface area (Å²) in [5, 5.41) is 0. The molecule has 0 saturated heterocycles. The molecule has 0 aromatic carbocycles. The average molecular weight is 299 g/mol. The molecule has 0 aliphatic heterocycles. The van der Waals surface area contributed by atoms with E-state index < -0.39 is 0 Å². The molecule has 0 bridgehead atoms. The largest absolute Gasteiger partial charge is 2.00 e. The van der Waals surface area contributed by atoms with Gasteiger partial charge in [0.25, 0.3) is 0 Å². The van der Waals surface area contributed by atoms with Crippen LogP contribution in [0.15, 0.2) is 0 Å². The van der Waals surface area contributed by atoms with Crippen LogP contribution < -0.4 is 12.4 Å². The molecule has 0 spiro atoms. The molecule has 2 heteroatoms. The van der Waals surface area contributed by atoms with Crippen LogP contribution in [0.2, 0.25) is 0 Å². The number of hydrogen-bond acceptors (Lipinski definition) is 0. The summed E-state index contributed by atoms with van der Waals surface area (Å²) < 4.78 is 0. The van der Waals surface area contributed by atoms with Gasteiger partial charge in [0.1, 0.15) is 0 Å². The van der Waals surface area contributed by atoms with Crippen molar-refractivity contribution < 1.29 is 12.4 Å². The van der Waals surface area contributed by atoms with Gasteiger partial charge < -0.3 is 19.3 Å².